The number of aryl methyl sites for hydroxylation is 2. The molecular weight excluding hydrogens is 497 g/mol. The van der Waals surface area contributed by atoms with Crippen molar-refractivity contribution in [2.75, 3.05) is 13.1 Å². The number of carboxylic acids is 1. The highest BCUT2D eigenvalue weighted by Crippen LogP contribution is 2.36. The van der Waals surface area contributed by atoms with Gasteiger partial charge in [0.05, 0.1) is 16.5 Å². The Labute approximate surface area is 211 Å². The zero-order valence-electron chi connectivity index (χ0n) is 19.2. The zero-order chi connectivity index (χ0) is 25.7. The van der Waals surface area contributed by atoms with Gasteiger partial charge in [-0.15, -0.1) is 0 Å². The van der Waals surface area contributed by atoms with Gasteiger partial charge in [-0.3, -0.25) is 9.59 Å². The maximum Gasteiger partial charge on any atom is 0.308 e. The summed E-state index contributed by atoms with van der Waals surface area (Å²) in [5, 5.41) is 10.6. The summed E-state index contributed by atoms with van der Waals surface area (Å²) in [7, 11) is 1.78. The van der Waals surface area contributed by atoms with Gasteiger partial charge in [-0.1, -0.05) is 29.8 Å². The fourth-order valence-corrected chi connectivity index (χ4v) is 5.15. The molecule has 0 spiro atoms. The highest BCUT2D eigenvalue weighted by atomic mass is 35.5. The number of aliphatic carboxylic acids is 1. The number of carbonyl (C=O) groups excluding carboxylic acids is 1. The van der Waals surface area contributed by atoms with Crippen molar-refractivity contribution in [1.29, 1.82) is 0 Å². The molecule has 1 N–H and O–H groups in total. The fourth-order valence-electron chi connectivity index (χ4n) is 4.57. The normalized spacial score (nSPS) is 16.2. The lowest BCUT2D eigenvalue weighted by Crippen LogP contribution is -2.30. The Morgan fingerprint density at radius 1 is 1.26 bits per heavy atom. The summed E-state index contributed by atoms with van der Waals surface area (Å²) in [6.07, 6.45) is 1.29. The highest BCUT2D eigenvalue weighted by molar-refractivity contribution is 6.38. The van der Waals surface area contributed by atoms with Crippen LogP contribution in [0.5, 0.6) is 0 Å². The molecule has 4 rings (SSSR count). The van der Waals surface area contributed by atoms with Crippen LogP contribution in [0.3, 0.4) is 0 Å². The van der Waals surface area contributed by atoms with Gasteiger partial charge in [-0.25, -0.2) is 0 Å². The van der Waals surface area contributed by atoms with E-state index >= 15 is 0 Å². The smallest absolute Gasteiger partial charge is 0.308 e. The first-order valence-electron chi connectivity index (χ1n) is 11.0. The number of rotatable bonds is 6. The maximum absolute atomic E-state index is 14.3. The van der Waals surface area contributed by atoms with Crippen LogP contribution in [-0.4, -0.2) is 39.5 Å². The lowest BCUT2D eigenvalue weighted by molar-refractivity contribution is -0.141. The summed E-state index contributed by atoms with van der Waals surface area (Å²) in [5.74, 6) is -5.02. The van der Waals surface area contributed by atoms with Gasteiger partial charge in [0.25, 0.3) is 11.8 Å². The number of alkyl halides is 2. The van der Waals surface area contributed by atoms with E-state index in [1.807, 2.05) is 10.6 Å². The van der Waals surface area contributed by atoms with Crippen LogP contribution < -0.4 is 0 Å². The first-order chi connectivity index (χ1) is 16.4. The number of likely N-dealkylation sites (tertiary alicyclic amines) is 1. The summed E-state index contributed by atoms with van der Waals surface area (Å²) in [5.41, 5.74) is 2.76. The molecule has 3 aromatic rings. The molecule has 0 aliphatic carbocycles. The highest BCUT2D eigenvalue weighted by Gasteiger charge is 2.33. The molecule has 2 heterocycles. The lowest BCUT2D eigenvalue weighted by atomic mass is 10.0. The van der Waals surface area contributed by atoms with Crippen molar-refractivity contribution >= 4 is 46.0 Å². The minimum Gasteiger partial charge on any atom is -0.481 e. The first kappa shape index (κ1) is 25.2. The van der Waals surface area contributed by atoms with Crippen molar-refractivity contribution in [3.05, 3.63) is 81.0 Å². The number of hydrogen-bond acceptors (Lipinski definition) is 2. The van der Waals surface area contributed by atoms with Gasteiger partial charge in [0.1, 0.15) is 0 Å². The second kappa shape index (κ2) is 9.28. The third kappa shape index (κ3) is 4.55. The Bertz CT molecular complexity index is 1370. The predicted octanol–water partition coefficient (Wildman–Crippen LogP) is 6.21. The van der Waals surface area contributed by atoms with Crippen LogP contribution in [0.1, 0.15) is 39.2 Å². The SMILES string of the molecule is C=CC(F)(F)c1cc(C)c2cc(Cc3c(Cl)ccc(C(=O)N4CCC(C(=O)O)C4)c3Cl)n(C)c2c1. The molecule has 1 unspecified atom stereocenters. The average Bonchev–Trinajstić information content (AvgIpc) is 3.42. The Hall–Kier alpha value is -2.90. The van der Waals surface area contributed by atoms with E-state index in [1.165, 1.54) is 17.0 Å². The van der Waals surface area contributed by atoms with Crippen LogP contribution in [0, 0.1) is 12.8 Å². The average molecular weight is 521 g/mol. The summed E-state index contributed by atoms with van der Waals surface area (Å²) in [6.45, 7) is 5.48. The predicted molar refractivity (Wildman–Crippen MR) is 133 cm³/mol. The van der Waals surface area contributed by atoms with Crippen molar-refractivity contribution in [1.82, 2.24) is 9.47 Å². The standard InChI is InChI=1S/C26H24Cl2F2N2O3/c1-4-26(29,30)16-9-14(2)19-11-17(31(3)22(19)10-16)12-20-21(27)6-5-18(23(20)28)24(33)32-8-7-15(13-32)25(34)35/h4-6,9-11,15H,1,7-8,12-13H2,2-3H3,(H,34,35). The lowest BCUT2D eigenvalue weighted by Gasteiger charge is -2.18. The fraction of sp³-hybridized carbons (Fsp3) is 0.308. The molecule has 35 heavy (non-hydrogen) atoms. The molecule has 1 atom stereocenters. The molecule has 1 aromatic heterocycles. The second-order valence-corrected chi connectivity index (χ2v) is 9.67. The molecule has 0 bridgehead atoms. The first-order valence-corrected chi connectivity index (χ1v) is 11.8. The molecule has 184 valence electrons. The van der Waals surface area contributed by atoms with Gasteiger partial charge in [0, 0.05) is 53.7 Å². The Kier molecular flexibility index (Phi) is 6.68. The Balaban J connectivity index is 1.70. The van der Waals surface area contributed by atoms with Crippen LogP contribution in [0.4, 0.5) is 8.78 Å². The van der Waals surface area contributed by atoms with Gasteiger partial charge < -0.3 is 14.6 Å². The van der Waals surface area contributed by atoms with Crippen LogP contribution in [-0.2, 0) is 24.2 Å². The number of hydrogen-bond donors (Lipinski definition) is 1. The third-order valence-electron chi connectivity index (χ3n) is 6.71. The van der Waals surface area contributed by atoms with Gasteiger partial charge >= 0.3 is 5.97 Å². The van der Waals surface area contributed by atoms with E-state index in [0.29, 0.717) is 40.7 Å². The molecule has 1 saturated heterocycles. The van der Waals surface area contributed by atoms with E-state index in [4.69, 9.17) is 23.2 Å². The molecule has 9 heteroatoms. The van der Waals surface area contributed by atoms with E-state index in [1.54, 1.807) is 26.1 Å². The van der Waals surface area contributed by atoms with Crippen molar-refractivity contribution in [2.45, 2.75) is 25.7 Å². The number of carboxylic acid groups (broad SMARTS) is 1. The minimum absolute atomic E-state index is 0.128. The Morgan fingerprint density at radius 2 is 1.97 bits per heavy atom. The van der Waals surface area contributed by atoms with Gasteiger partial charge in [-0.2, -0.15) is 8.78 Å². The molecular formula is C26H24Cl2F2N2O3. The maximum atomic E-state index is 14.3. The largest absolute Gasteiger partial charge is 0.481 e. The van der Waals surface area contributed by atoms with Crippen LogP contribution in [0.15, 0.2) is 43.0 Å². The van der Waals surface area contributed by atoms with Crippen molar-refractivity contribution in [3.8, 4) is 0 Å². The summed E-state index contributed by atoms with van der Waals surface area (Å²) in [4.78, 5) is 25.8. The number of benzene rings is 2. The molecule has 1 aliphatic heterocycles. The molecule has 1 aliphatic rings. The van der Waals surface area contributed by atoms with Crippen LogP contribution in [0.2, 0.25) is 10.0 Å². The van der Waals surface area contributed by atoms with E-state index < -0.39 is 17.8 Å². The Morgan fingerprint density at radius 3 is 2.60 bits per heavy atom. The molecule has 1 amide bonds. The monoisotopic (exact) mass is 520 g/mol. The molecule has 5 nitrogen and oxygen atoms in total. The number of aromatic nitrogens is 1. The second-order valence-electron chi connectivity index (χ2n) is 8.89. The van der Waals surface area contributed by atoms with Gasteiger partial charge in [0.2, 0.25) is 0 Å². The van der Waals surface area contributed by atoms with Crippen LogP contribution >= 0.6 is 23.2 Å². The number of allylic oxidation sites excluding steroid dienone is 1. The summed E-state index contributed by atoms with van der Waals surface area (Å²) < 4.78 is 30.3. The van der Waals surface area contributed by atoms with E-state index in [9.17, 15) is 23.5 Å². The number of amides is 1. The van der Waals surface area contributed by atoms with Crippen molar-refractivity contribution in [3.63, 3.8) is 0 Å². The number of fused-ring (bicyclic) bond motifs is 1. The van der Waals surface area contributed by atoms with Gasteiger partial charge in [-0.05, 0) is 60.9 Å². The van der Waals surface area contributed by atoms with Crippen molar-refractivity contribution < 1.29 is 23.5 Å². The van der Waals surface area contributed by atoms with E-state index in [2.05, 4.69) is 6.58 Å². The summed E-state index contributed by atoms with van der Waals surface area (Å²) in [6, 6.07) is 7.94. The number of carbonyl (C=O) groups is 2. The van der Waals surface area contributed by atoms with E-state index in [0.717, 1.165) is 11.1 Å². The molecule has 0 radical (unpaired) electrons. The molecule has 2 aromatic carbocycles. The minimum atomic E-state index is -3.15. The number of nitrogens with zero attached hydrogens (tertiary/aromatic N) is 2. The van der Waals surface area contributed by atoms with E-state index in [-0.39, 0.29) is 35.0 Å². The summed E-state index contributed by atoms with van der Waals surface area (Å²) >= 11 is 13.1. The molecule has 1 fully saturated rings. The molecule has 0 saturated carbocycles. The topological polar surface area (TPSA) is 62.5 Å². The third-order valence-corrected chi connectivity index (χ3v) is 7.49. The van der Waals surface area contributed by atoms with Gasteiger partial charge in [0.15, 0.2) is 0 Å². The quantitative estimate of drug-likeness (QED) is 0.393. The zero-order valence-corrected chi connectivity index (χ0v) is 20.8. The van der Waals surface area contributed by atoms with Crippen LogP contribution in [0.25, 0.3) is 10.9 Å². The number of halogens is 4. The van der Waals surface area contributed by atoms with Crippen molar-refractivity contribution in [2.24, 2.45) is 13.0 Å².